The molecule has 5 heteroatoms. The lowest BCUT2D eigenvalue weighted by molar-refractivity contribution is -0.120. The Morgan fingerprint density at radius 3 is 2.43 bits per heavy atom. The quantitative estimate of drug-likeness (QED) is 0.693. The third-order valence-corrected chi connectivity index (χ3v) is 5.37. The minimum Gasteiger partial charge on any atom is -0.352 e. The molecule has 4 rings (SSSR count). The summed E-state index contributed by atoms with van der Waals surface area (Å²) in [6, 6.07) is 21.3. The first-order valence-electron chi connectivity index (χ1n) is 10.0. The number of amides is 2. The van der Waals surface area contributed by atoms with Crippen molar-refractivity contribution in [3.05, 3.63) is 101 Å². The largest absolute Gasteiger partial charge is 0.352 e. The fourth-order valence-corrected chi connectivity index (χ4v) is 3.84. The summed E-state index contributed by atoms with van der Waals surface area (Å²) < 4.78 is 13.0. The van der Waals surface area contributed by atoms with E-state index in [-0.39, 0.29) is 30.1 Å². The number of benzene rings is 3. The van der Waals surface area contributed by atoms with Crippen LogP contribution in [0.5, 0.6) is 0 Å². The molecular formula is C25H23FN2O2. The van der Waals surface area contributed by atoms with Crippen LogP contribution in [0, 0.1) is 5.82 Å². The lowest BCUT2D eigenvalue weighted by Crippen LogP contribution is -2.35. The summed E-state index contributed by atoms with van der Waals surface area (Å²) in [5, 5.41) is 2.90. The van der Waals surface area contributed by atoms with Gasteiger partial charge in [0.05, 0.1) is 6.42 Å². The van der Waals surface area contributed by atoms with Gasteiger partial charge in [0.2, 0.25) is 5.91 Å². The van der Waals surface area contributed by atoms with Gasteiger partial charge in [-0.25, -0.2) is 4.39 Å². The molecule has 3 aromatic carbocycles. The molecule has 0 radical (unpaired) electrons. The molecule has 1 heterocycles. The summed E-state index contributed by atoms with van der Waals surface area (Å²) in [5.74, 6) is -0.465. The highest BCUT2D eigenvalue weighted by Gasteiger charge is 2.31. The lowest BCUT2D eigenvalue weighted by atomic mass is 10.1. The number of carbonyl (C=O) groups is 2. The Morgan fingerprint density at radius 2 is 1.70 bits per heavy atom. The molecule has 4 nitrogen and oxygen atoms in total. The molecule has 0 unspecified atom stereocenters. The molecule has 0 aliphatic carbocycles. The Hall–Kier alpha value is -3.47. The van der Waals surface area contributed by atoms with Gasteiger partial charge in [-0.15, -0.1) is 0 Å². The molecule has 0 fully saturated rings. The van der Waals surface area contributed by atoms with Crippen LogP contribution in [-0.2, 0) is 24.2 Å². The van der Waals surface area contributed by atoms with E-state index in [1.807, 2.05) is 60.4 Å². The highest BCUT2D eigenvalue weighted by Crippen LogP contribution is 2.34. The SMILES string of the molecule is C[C@H]1Cc2ccc(CNC(=O)Cc3ccc(F)cc3)cc2N1C(=O)c1ccccc1. The Bertz CT molecular complexity index is 1060. The number of halogens is 1. The van der Waals surface area contributed by atoms with Crippen LogP contribution in [0.1, 0.15) is 34.0 Å². The van der Waals surface area contributed by atoms with Crippen LogP contribution >= 0.6 is 0 Å². The summed E-state index contributed by atoms with van der Waals surface area (Å²) in [4.78, 5) is 27.1. The summed E-state index contributed by atoms with van der Waals surface area (Å²) in [7, 11) is 0. The van der Waals surface area contributed by atoms with Gasteiger partial charge in [0.25, 0.3) is 5.91 Å². The van der Waals surface area contributed by atoms with Crippen LogP contribution in [0.25, 0.3) is 0 Å². The van der Waals surface area contributed by atoms with Crippen molar-refractivity contribution < 1.29 is 14.0 Å². The van der Waals surface area contributed by atoms with Gasteiger partial charge in [0, 0.05) is 23.8 Å². The van der Waals surface area contributed by atoms with Crippen molar-refractivity contribution in [2.24, 2.45) is 0 Å². The summed E-state index contributed by atoms with van der Waals surface area (Å²) >= 11 is 0. The average molecular weight is 402 g/mol. The van der Waals surface area contributed by atoms with E-state index >= 15 is 0 Å². The van der Waals surface area contributed by atoms with E-state index < -0.39 is 0 Å². The van der Waals surface area contributed by atoms with Crippen molar-refractivity contribution in [3.8, 4) is 0 Å². The Morgan fingerprint density at radius 1 is 1.00 bits per heavy atom. The zero-order chi connectivity index (χ0) is 21.1. The zero-order valence-corrected chi connectivity index (χ0v) is 16.8. The monoisotopic (exact) mass is 402 g/mol. The predicted octanol–water partition coefficient (Wildman–Crippen LogP) is 4.28. The highest BCUT2D eigenvalue weighted by molar-refractivity contribution is 6.07. The van der Waals surface area contributed by atoms with Gasteiger partial charge in [-0.2, -0.15) is 0 Å². The van der Waals surface area contributed by atoms with Crippen LogP contribution in [-0.4, -0.2) is 17.9 Å². The van der Waals surface area contributed by atoms with E-state index in [0.717, 1.165) is 28.8 Å². The van der Waals surface area contributed by atoms with Gasteiger partial charge in [0.15, 0.2) is 0 Å². The molecular weight excluding hydrogens is 379 g/mol. The highest BCUT2D eigenvalue weighted by atomic mass is 19.1. The number of nitrogens with zero attached hydrogens (tertiary/aromatic N) is 1. The van der Waals surface area contributed by atoms with Crippen molar-refractivity contribution >= 4 is 17.5 Å². The summed E-state index contributed by atoms with van der Waals surface area (Å²) in [6.45, 7) is 2.42. The van der Waals surface area contributed by atoms with Crippen LogP contribution in [0.3, 0.4) is 0 Å². The first kappa shape index (κ1) is 19.8. The molecule has 2 amide bonds. The number of hydrogen-bond acceptors (Lipinski definition) is 2. The van der Waals surface area contributed by atoms with Gasteiger partial charge in [-0.1, -0.05) is 42.5 Å². The second-order valence-electron chi connectivity index (χ2n) is 7.64. The first-order valence-corrected chi connectivity index (χ1v) is 10.0. The van der Waals surface area contributed by atoms with Crippen LogP contribution < -0.4 is 10.2 Å². The van der Waals surface area contributed by atoms with E-state index in [1.54, 1.807) is 12.1 Å². The molecule has 0 spiro atoms. The maximum Gasteiger partial charge on any atom is 0.258 e. The maximum absolute atomic E-state index is 13.1. The molecule has 0 bridgehead atoms. The third kappa shape index (κ3) is 4.25. The van der Waals surface area contributed by atoms with E-state index in [4.69, 9.17) is 0 Å². The van der Waals surface area contributed by atoms with Crippen molar-refractivity contribution in [1.82, 2.24) is 5.32 Å². The van der Waals surface area contributed by atoms with E-state index in [0.29, 0.717) is 12.1 Å². The standard InChI is InChI=1S/C25H23FN2O2/c1-17-13-21-10-7-19(16-27-24(29)15-18-8-11-22(26)12-9-18)14-23(21)28(17)25(30)20-5-3-2-4-6-20/h2-12,14,17H,13,15-16H2,1H3,(H,27,29)/t17-/m0/s1. The van der Waals surface area contributed by atoms with Crippen LogP contribution in [0.15, 0.2) is 72.8 Å². The minimum atomic E-state index is -0.318. The van der Waals surface area contributed by atoms with Crippen LogP contribution in [0.2, 0.25) is 0 Å². The molecule has 1 atom stereocenters. The lowest BCUT2D eigenvalue weighted by Gasteiger charge is -2.23. The zero-order valence-electron chi connectivity index (χ0n) is 16.8. The topological polar surface area (TPSA) is 49.4 Å². The molecule has 1 aliphatic rings. The molecule has 3 aromatic rings. The first-order chi connectivity index (χ1) is 14.5. The molecule has 30 heavy (non-hydrogen) atoms. The molecule has 0 saturated carbocycles. The number of anilines is 1. The van der Waals surface area contributed by atoms with Gasteiger partial charge in [0.1, 0.15) is 5.82 Å². The minimum absolute atomic E-state index is 0.0145. The number of hydrogen-bond donors (Lipinski definition) is 1. The average Bonchev–Trinajstić information content (AvgIpc) is 3.09. The maximum atomic E-state index is 13.1. The number of carbonyl (C=O) groups excluding carboxylic acids is 2. The van der Waals surface area contributed by atoms with E-state index in [1.165, 1.54) is 12.1 Å². The third-order valence-electron chi connectivity index (χ3n) is 5.37. The van der Waals surface area contributed by atoms with Crippen molar-refractivity contribution in [3.63, 3.8) is 0 Å². The smallest absolute Gasteiger partial charge is 0.258 e. The second kappa shape index (κ2) is 8.49. The number of nitrogens with one attached hydrogen (secondary N) is 1. The van der Waals surface area contributed by atoms with Crippen molar-refractivity contribution in [1.29, 1.82) is 0 Å². The van der Waals surface area contributed by atoms with E-state index in [9.17, 15) is 14.0 Å². The normalized spacial score (nSPS) is 15.0. The molecule has 1 N–H and O–H groups in total. The van der Waals surface area contributed by atoms with Gasteiger partial charge in [-0.3, -0.25) is 9.59 Å². The summed E-state index contributed by atoms with van der Waals surface area (Å²) in [6.07, 6.45) is 1.01. The van der Waals surface area contributed by atoms with E-state index in [2.05, 4.69) is 5.32 Å². The second-order valence-corrected chi connectivity index (χ2v) is 7.64. The van der Waals surface area contributed by atoms with Gasteiger partial charge in [-0.05, 0) is 60.4 Å². The van der Waals surface area contributed by atoms with Gasteiger partial charge >= 0.3 is 0 Å². The Kier molecular flexibility index (Phi) is 5.61. The Labute approximate surface area is 175 Å². The fourth-order valence-electron chi connectivity index (χ4n) is 3.84. The van der Waals surface area contributed by atoms with Crippen LogP contribution in [0.4, 0.5) is 10.1 Å². The van der Waals surface area contributed by atoms with Gasteiger partial charge < -0.3 is 10.2 Å². The molecule has 152 valence electrons. The summed E-state index contributed by atoms with van der Waals surface area (Å²) in [5.41, 5.74) is 4.39. The fraction of sp³-hybridized carbons (Fsp3) is 0.200. The number of fused-ring (bicyclic) bond motifs is 1. The Balaban J connectivity index is 1.45. The molecule has 1 aliphatic heterocycles. The predicted molar refractivity (Wildman–Crippen MR) is 115 cm³/mol. The van der Waals surface area contributed by atoms with Crippen molar-refractivity contribution in [2.75, 3.05) is 4.90 Å². The molecule has 0 saturated heterocycles. The molecule has 0 aromatic heterocycles. The number of rotatable bonds is 5. The van der Waals surface area contributed by atoms with Crippen molar-refractivity contribution in [2.45, 2.75) is 32.4 Å².